The summed E-state index contributed by atoms with van der Waals surface area (Å²) in [6.07, 6.45) is 2.33. The van der Waals surface area contributed by atoms with E-state index in [9.17, 15) is 10.1 Å². The molecule has 0 spiro atoms. The van der Waals surface area contributed by atoms with Gasteiger partial charge in [0.05, 0.1) is 11.5 Å². The van der Waals surface area contributed by atoms with Gasteiger partial charge in [-0.3, -0.25) is 15.1 Å². The monoisotopic (exact) mass is 269 g/mol. The Morgan fingerprint density at radius 1 is 1.35 bits per heavy atom. The number of hydrogen-bond donors (Lipinski definition) is 0. The lowest BCUT2D eigenvalue weighted by Gasteiger charge is -2.06. The number of ether oxygens (including phenoxy) is 1. The van der Waals surface area contributed by atoms with Crippen LogP contribution >= 0.6 is 0 Å². The van der Waals surface area contributed by atoms with Crippen LogP contribution in [0.15, 0.2) is 42.6 Å². The van der Waals surface area contributed by atoms with Crippen LogP contribution < -0.4 is 4.74 Å². The number of nitro benzene ring substituents is 1. The molecule has 0 atom stereocenters. The Balaban J connectivity index is 2.00. The van der Waals surface area contributed by atoms with Crippen molar-refractivity contribution in [3.8, 4) is 11.8 Å². The minimum Gasteiger partial charge on any atom is -0.493 e. The van der Waals surface area contributed by atoms with Crippen LogP contribution in [0.3, 0.4) is 0 Å². The van der Waals surface area contributed by atoms with Gasteiger partial charge in [-0.1, -0.05) is 6.07 Å². The normalized spacial score (nSPS) is 9.75. The maximum absolute atomic E-state index is 10.7. The Morgan fingerprint density at radius 3 is 2.85 bits per heavy atom. The molecule has 6 nitrogen and oxygen atoms in total. The number of nitro groups is 1. The molecule has 0 aliphatic rings. The minimum absolute atomic E-state index is 0.00895. The van der Waals surface area contributed by atoms with Crippen LogP contribution in [0.4, 0.5) is 5.69 Å². The van der Waals surface area contributed by atoms with Gasteiger partial charge in [-0.05, 0) is 18.2 Å². The molecule has 100 valence electrons. The topological polar surface area (TPSA) is 89.0 Å². The molecule has 6 heteroatoms. The second kappa shape index (κ2) is 6.29. The van der Waals surface area contributed by atoms with Crippen LogP contribution in [0, 0.1) is 21.4 Å². The molecule has 2 aromatic rings. The predicted octanol–water partition coefficient (Wildman–Crippen LogP) is 2.48. The van der Waals surface area contributed by atoms with Gasteiger partial charge >= 0.3 is 0 Å². The highest BCUT2D eigenvalue weighted by molar-refractivity contribution is 5.52. The van der Waals surface area contributed by atoms with Crippen molar-refractivity contribution in [1.29, 1.82) is 5.26 Å². The van der Waals surface area contributed by atoms with Gasteiger partial charge in [0.25, 0.3) is 5.69 Å². The molecule has 0 N–H and O–H groups in total. The van der Waals surface area contributed by atoms with E-state index in [-0.39, 0.29) is 11.3 Å². The molecule has 0 saturated heterocycles. The van der Waals surface area contributed by atoms with Crippen molar-refractivity contribution in [2.75, 3.05) is 6.61 Å². The average Bonchev–Trinajstić information content (AvgIpc) is 2.48. The van der Waals surface area contributed by atoms with E-state index in [1.807, 2.05) is 18.2 Å². The van der Waals surface area contributed by atoms with E-state index in [1.165, 1.54) is 18.2 Å². The Labute approximate surface area is 115 Å². The van der Waals surface area contributed by atoms with Crippen molar-refractivity contribution in [2.24, 2.45) is 0 Å². The Bertz CT molecular complexity index is 650. The average molecular weight is 269 g/mol. The van der Waals surface area contributed by atoms with Crippen LogP contribution in [-0.4, -0.2) is 16.5 Å². The molecule has 0 aliphatic heterocycles. The standard InChI is InChI=1S/C14H11N3O3/c15-10-11-9-13(4-5-14(11)17(18)19)20-8-6-12-3-1-2-7-16-12/h1-5,7,9H,6,8H2. The lowest BCUT2D eigenvalue weighted by Crippen LogP contribution is -2.03. The molecule has 0 aliphatic carbocycles. The van der Waals surface area contributed by atoms with E-state index in [1.54, 1.807) is 12.3 Å². The van der Waals surface area contributed by atoms with Gasteiger partial charge in [0, 0.05) is 30.4 Å². The van der Waals surface area contributed by atoms with E-state index >= 15 is 0 Å². The Hall–Kier alpha value is -2.94. The molecule has 2 rings (SSSR count). The lowest BCUT2D eigenvalue weighted by atomic mass is 10.2. The van der Waals surface area contributed by atoms with Crippen molar-refractivity contribution >= 4 is 5.69 Å². The van der Waals surface area contributed by atoms with Crippen LogP contribution in [0.5, 0.6) is 5.75 Å². The minimum atomic E-state index is -0.587. The number of benzene rings is 1. The smallest absolute Gasteiger partial charge is 0.287 e. The maximum atomic E-state index is 10.7. The quantitative estimate of drug-likeness (QED) is 0.614. The molecular formula is C14H11N3O3. The van der Waals surface area contributed by atoms with Gasteiger partial charge in [0.1, 0.15) is 17.4 Å². The molecule has 0 amide bonds. The fourth-order valence-corrected chi connectivity index (χ4v) is 1.67. The van der Waals surface area contributed by atoms with E-state index in [0.717, 1.165) is 5.69 Å². The summed E-state index contributed by atoms with van der Waals surface area (Å²) in [4.78, 5) is 14.3. The maximum Gasteiger partial charge on any atom is 0.287 e. The molecule has 1 heterocycles. The molecule has 0 radical (unpaired) electrons. The van der Waals surface area contributed by atoms with Gasteiger partial charge < -0.3 is 4.74 Å². The van der Waals surface area contributed by atoms with Gasteiger partial charge in [-0.2, -0.15) is 5.26 Å². The summed E-state index contributed by atoms with van der Waals surface area (Å²) in [5.74, 6) is 0.433. The van der Waals surface area contributed by atoms with Crippen molar-refractivity contribution in [2.45, 2.75) is 6.42 Å². The highest BCUT2D eigenvalue weighted by Crippen LogP contribution is 2.23. The summed E-state index contributed by atoms with van der Waals surface area (Å²) in [6.45, 7) is 0.389. The fraction of sp³-hybridized carbons (Fsp3) is 0.143. The molecule has 0 unspecified atom stereocenters. The molecule has 0 saturated carbocycles. The lowest BCUT2D eigenvalue weighted by molar-refractivity contribution is -0.385. The van der Waals surface area contributed by atoms with Gasteiger partial charge in [0.15, 0.2) is 0 Å². The highest BCUT2D eigenvalue weighted by atomic mass is 16.6. The largest absolute Gasteiger partial charge is 0.493 e. The fourth-order valence-electron chi connectivity index (χ4n) is 1.67. The van der Waals surface area contributed by atoms with E-state index in [0.29, 0.717) is 18.8 Å². The van der Waals surface area contributed by atoms with Crippen molar-refractivity contribution in [3.63, 3.8) is 0 Å². The van der Waals surface area contributed by atoms with Gasteiger partial charge in [0.2, 0.25) is 0 Å². The number of nitriles is 1. The van der Waals surface area contributed by atoms with E-state index in [2.05, 4.69) is 4.98 Å². The Morgan fingerprint density at radius 2 is 2.20 bits per heavy atom. The van der Waals surface area contributed by atoms with Gasteiger partial charge in [-0.15, -0.1) is 0 Å². The first-order valence-electron chi connectivity index (χ1n) is 5.92. The summed E-state index contributed by atoms with van der Waals surface area (Å²) in [5.41, 5.74) is 0.671. The molecule has 1 aromatic carbocycles. The second-order valence-corrected chi connectivity index (χ2v) is 3.97. The zero-order valence-corrected chi connectivity index (χ0v) is 10.5. The van der Waals surface area contributed by atoms with E-state index < -0.39 is 4.92 Å². The summed E-state index contributed by atoms with van der Waals surface area (Å²) < 4.78 is 5.47. The number of aromatic nitrogens is 1. The Kier molecular flexibility index (Phi) is 4.24. The van der Waals surface area contributed by atoms with Crippen molar-refractivity contribution in [3.05, 3.63) is 64.0 Å². The number of hydrogen-bond acceptors (Lipinski definition) is 5. The summed E-state index contributed by atoms with van der Waals surface area (Å²) >= 11 is 0. The number of pyridine rings is 1. The van der Waals surface area contributed by atoms with Crippen LogP contribution in [0.1, 0.15) is 11.3 Å². The van der Waals surface area contributed by atoms with Crippen LogP contribution in [0.2, 0.25) is 0 Å². The predicted molar refractivity (Wildman–Crippen MR) is 71.2 cm³/mol. The third kappa shape index (κ3) is 3.29. The number of nitrogens with zero attached hydrogens (tertiary/aromatic N) is 3. The highest BCUT2D eigenvalue weighted by Gasteiger charge is 2.14. The zero-order valence-electron chi connectivity index (χ0n) is 10.5. The summed E-state index contributed by atoms with van der Waals surface area (Å²) in [5, 5.41) is 19.6. The van der Waals surface area contributed by atoms with Crippen LogP contribution in [-0.2, 0) is 6.42 Å². The SMILES string of the molecule is N#Cc1cc(OCCc2ccccn2)ccc1[N+](=O)[O-]. The third-order valence-electron chi connectivity index (χ3n) is 2.64. The second-order valence-electron chi connectivity index (χ2n) is 3.97. The summed E-state index contributed by atoms with van der Waals surface area (Å²) in [7, 11) is 0. The molecule has 0 fully saturated rings. The first-order valence-corrected chi connectivity index (χ1v) is 5.92. The zero-order chi connectivity index (χ0) is 14.4. The third-order valence-corrected chi connectivity index (χ3v) is 2.64. The molecule has 1 aromatic heterocycles. The summed E-state index contributed by atoms with van der Waals surface area (Å²) in [6, 6.07) is 11.5. The first-order chi connectivity index (χ1) is 9.70. The molecular weight excluding hydrogens is 258 g/mol. The van der Waals surface area contributed by atoms with E-state index in [4.69, 9.17) is 10.00 Å². The van der Waals surface area contributed by atoms with Crippen LogP contribution in [0.25, 0.3) is 0 Å². The molecule has 20 heavy (non-hydrogen) atoms. The van der Waals surface area contributed by atoms with Crippen molar-refractivity contribution in [1.82, 2.24) is 4.98 Å². The van der Waals surface area contributed by atoms with Crippen molar-refractivity contribution < 1.29 is 9.66 Å². The van der Waals surface area contributed by atoms with Gasteiger partial charge in [-0.25, -0.2) is 0 Å². The number of rotatable bonds is 5. The first kappa shape index (κ1) is 13.5. The molecule has 0 bridgehead atoms.